The molecule has 0 saturated carbocycles. The highest BCUT2D eigenvalue weighted by molar-refractivity contribution is 5.85. The molecule has 4 nitrogen and oxygen atoms in total. The van der Waals surface area contributed by atoms with E-state index in [1.807, 2.05) is 31.2 Å². The summed E-state index contributed by atoms with van der Waals surface area (Å²) >= 11 is 0. The zero-order valence-electron chi connectivity index (χ0n) is 10.3. The second-order valence-corrected chi connectivity index (χ2v) is 3.75. The fourth-order valence-electron chi connectivity index (χ4n) is 1.62. The van der Waals surface area contributed by atoms with E-state index in [2.05, 4.69) is 11.0 Å². The molecule has 0 aromatic heterocycles. The number of hydrogen-bond acceptors (Lipinski definition) is 3. The van der Waals surface area contributed by atoms with Crippen LogP contribution >= 0.6 is 0 Å². The van der Waals surface area contributed by atoms with Crippen molar-refractivity contribution in [1.29, 1.82) is 5.26 Å². The summed E-state index contributed by atoms with van der Waals surface area (Å²) in [6, 6.07) is 9.72. The van der Waals surface area contributed by atoms with Gasteiger partial charge >= 0.3 is 5.97 Å². The molecule has 0 amide bonds. The molecule has 0 bridgehead atoms. The Morgan fingerprint density at radius 1 is 1.44 bits per heavy atom. The maximum atomic E-state index is 10.4. The third-order valence-electron chi connectivity index (χ3n) is 2.55. The molecule has 0 aliphatic rings. The number of hydrogen-bond donors (Lipinski definition) is 1. The summed E-state index contributed by atoms with van der Waals surface area (Å²) in [7, 11) is 0. The molecule has 0 fully saturated rings. The van der Waals surface area contributed by atoms with Crippen molar-refractivity contribution in [3.63, 3.8) is 0 Å². The van der Waals surface area contributed by atoms with Crippen LogP contribution in [0.15, 0.2) is 30.3 Å². The van der Waals surface area contributed by atoms with E-state index in [0.717, 1.165) is 23.9 Å². The molecule has 0 spiro atoms. The molecule has 18 heavy (non-hydrogen) atoms. The van der Waals surface area contributed by atoms with Crippen molar-refractivity contribution in [2.75, 3.05) is 18.0 Å². The Morgan fingerprint density at radius 3 is 2.61 bits per heavy atom. The zero-order valence-corrected chi connectivity index (χ0v) is 10.3. The van der Waals surface area contributed by atoms with Gasteiger partial charge in [-0.3, -0.25) is 0 Å². The number of carbonyl (C=O) groups is 1. The lowest BCUT2D eigenvalue weighted by molar-refractivity contribution is -0.131. The van der Waals surface area contributed by atoms with Crippen LogP contribution in [0.3, 0.4) is 0 Å². The van der Waals surface area contributed by atoms with Gasteiger partial charge < -0.3 is 10.0 Å². The Morgan fingerprint density at radius 2 is 2.11 bits per heavy atom. The highest BCUT2D eigenvalue weighted by Gasteiger charge is 2.02. The van der Waals surface area contributed by atoms with Crippen LogP contribution in [0.2, 0.25) is 0 Å². The molecule has 4 heteroatoms. The van der Waals surface area contributed by atoms with Crippen LogP contribution in [-0.2, 0) is 4.79 Å². The summed E-state index contributed by atoms with van der Waals surface area (Å²) in [4.78, 5) is 12.5. The fourth-order valence-corrected chi connectivity index (χ4v) is 1.62. The van der Waals surface area contributed by atoms with Gasteiger partial charge in [0.2, 0.25) is 0 Å². The van der Waals surface area contributed by atoms with Crippen molar-refractivity contribution in [2.45, 2.75) is 13.3 Å². The first-order valence-corrected chi connectivity index (χ1v) is 5.80. The van der Waals surface area contributed by atoms with Crippen LogP contribution in [0.1, 0.15) is 18.9 Å². The lowest BCUT2D eigenvalue weighted by Gasteiger charge is -2.21. The molecule has 0 aliphatic heterocycles. The quantitative estimate of drug-likeness (QED) is 0.781. The standard InChI is InChI=1S/C14H16N2O2/c1-2-16(11-3-10-15)13-7-4-12(5-8-13)6-9-14(17)18/h4-9H,2-3,11H2,1H3,(H,17,18). The minimum atomic E-state index is -0.955. The van der Waals surface area contributed by atoms with Gasteiger partial charge in [-0.1, -0.05) is 12.1 Å². The predicted molar refractivity (Wildman–Crippen MR) is 71.2 cm³/mol. The van der Waals surface area contributed by atoms with E-state index in [4.69, 9.17) is 10.4 Å². The van der Waals surface area contributed by atoms with Gasteiger partial charge in [-0.15, -0.1) is 0 Å². The topological polar surface area (TPSA) is 64.3 Å². The van der Waals surface area contributed by atoms with Crippen molar-refractivity contribution >= 4 is 17.7 Å². The number of aliphatic carboxylic acids is 1. The van der Waals surface area contributed by atoms with E-state index in [1.165, 1.54) is 0 Å². The minimum Gasteiger partial charge on any atom is -0.478 e. The van der Waals surface area contributed by atoms with Gasteiger partial charge in [0.1, 0.15) is 0 Å². The monoisotopic (exact) mass is 244 g/mol. The second-order valence-electron chi connectivity index (χ2n) is 3.75. The zero-order chi connectivity index (χ0) is 13.4. The number of anilines is 1. The van der Waals surface area contributed by atoms with Gasteiger partial charge in [0.15, 0.2) is 0 Å². The van der Waals surface area contributed by atoms with Gasteiger partial charge in [0, 0.05) is 24.9 Å². The van der Waals surface area contributed by atoms with E-state index in [-0.39, 0.29) is 0 Å². The molecule has 94 valence electrons. The predicted octanol–water partition coefficient (Wildman–Crippen LogP) is 2.52. The molecule has 1 aromatic carbocycles. The van der Waals surface area contributed by atoms with Crippen molar-refractivity contribution in [3.8, 4) is 6.07 Å². The third kappa shape index (κ3) is 4.30. The summed E-state index contributed by atoms with van der Waals surface area (Å²) in [6.45, 7) is 3.58. The van der Waals surface area contributed by atoms with E-state index in [9.17, 15) is 4.79 Å². The van der Waals surface area contributed by atoms with E-state index < -0.39 is 5.97 Å². The van der Waals surface area contributed by atoms with Crippen LogP contribution in [0.5, 0.6) is 0 Å². The molecular formula is C14H16N2O2. The number of benzene rings is 1. The van der Waals surface area contributed by atoms with Crippen molar-refractivity contribution < 1.29 is 9.90 Å². The van der Waals surface area contributed by atoms with Crippen LogP contribution in [0, 0.1) is 11.3 Å². The Bertz CT molecular complexity index is 458. The van der Waals surface area contributed by atoms with Crippen LogP contribution in [0.4, 0.5) is 5.69 Å². The molecule has 0 atom stereocenters. The molecule has 1 N–H and O–H groups in total. The maximum absolute atomic E-state index is 10.4. The van der Waals surface area contributed by atoms with E-state index in [1.54, 1.807) is 6.08 Å². The SMILES string of the molecule is CCN(CCC#N)c1ccc(C=CC(=O)O)cc1. The first-order chi connectivity index (χ1) is 8.67. The molecule has 0 radical (unpaired) electrons. The normalized spacial score (nSPS) is 10.2. The van der Waals surface area contributed by atoms with Gasteiger partial charge in [0.25, 0.3) is 0 Å². The van der Waals surface area contributed by atoms with Crippen molar-refractivity contribution in [1.82, 2.24) is 0 Å². The second kappa shape index (κ2) is 7.13. The van der Waals surface area contributed by atoms with Gasteiger partial charge in [-0.2, -0.15) is 5.26 Å². The van der Waals surface area contributed by atoms with Gasteiger partial charge in [-0.25, -0.2) is 4.79 Å². The Hall–Kier alpha value is -2.28. The average Bonchev–Trinajstić information content (AvgIpc) is 2.38. The van der Waals surface area contributed by atoms with Gasteiger partial charge in [-0.05, 0) is 30.7 Å². The smallest absolute Gasteiger partial charge is 0.328 e. The lowest BCUT2D eigenvalue weighted by atomic mass is 10.1. The summed E-state index contributed by atoms with van der Waals surface area (Å²) in [5.74, 6) is -0.955. The summed E-state index contributed by atoms with van der Waals surface area (Å²) in [5, 5.41) is 17.1. The first kappa shape index (κ1) is 13.8. The number of rotatable bonds is 6. The van der Waals surface area contributed by atoms with Crippen molar-refractivity contribution in [2.24, 2.45) is 0 Å². The highest BCUT2D eigenvalue weighted by atomic mass is 16.4. The molecule has 0 heterocycles. The largest absolute Gasteiger partial charge is 0.478 e. The Balaban J connectivity index is 2.74. The molecular weight excluding hydrogens is 228 g/mol. The number of carboxylic acids is 1. The molecule has 1 rings (SSSR count). The summed E-state index contributed by atoms with van der Waals surface area (Å²) in [5.41, 5.74) is 1.89. The summed E-state index contributed by atoms with van der Waals surface area (Å²) < 4.78 is 0. The van der Waals surface area contributed by atoms with Crippen LogP contribution in [-0.4, -0.2) is 24.2 Å². The fraction of sp³-hybridized carbons (Fsp3) is 0.286. The molecule has 0 aliphatic carbocycles. The average molecular weight is 244 g/mol. The Kier molecular flexibility index (Phi) is 5.46. The molecule has 1 aromatic rings. The third-order valence-corrected chi connectivity index (χ3v) is 2.55. The maximum Gasteiger partial charge on any atom is 0.328 e. The lowest BCUT2D eigenvalue weighted by Crippen LogP contribution is -2.23. The number of nitrogens with zero attached hydrogens (tertiary/aromatic N) is 2. The molecule has 0 saturated heterocycles. The summed E-state index contributed by atoms with van der Waals surface area (Å²) in [6.07, 6.45) is 3.16. The first-order valence-electron chi connectivity index (χ1n) is 5.80. The Labute approximate surface area is 107 Å². The van der Waals surface area contributed by atoms with Crippen molar-refractivity contribution in [3.05, 3.63) is 35.9 Å². The number of carboxylic acid groups (broad SMARTS) is 1. The van der Waals surface area contributed by atoms with Crippen LogP contribution in [0.25, 0.3) is 6.08 Å². The minimum absolute atomic E-state index is 0.495. The molecule has 0 unspecified atom stereocenters. The van der Waals surface area contributed by atoms with Crippen LogP contribution < -0.4 is 4.90 Å². The van der Waals surface area contributed by atoms with Gasteiger partial charge in [0.05, 0.1) is 12.5 Å². The number of nitriles is 1. The highest BCUT2D eigenvalue weighted by Crippen LogP contribution is 2.16. The van der Waals surface area contributed by atoms with E-state index in [0.29, 0.717) is 13.0 Å². The van der Waals surface area contributed by atoms with E-state index >= 15 is 0 Å².